The van der Waals surface area contributed by atoms with Crippen molar-refractivity contribution < 1.29 is 14.3 Å². The predicted molar refractivity (Wildman–Crippen MR) is 84.8 cm³/mol. The largest absolute Gasteiger partial charge is 0.466 e. The molecule has 0 radical (unpaired) electrons. The molecular weight excluding hydrogens is 320 g/mol. The summed E-state index contributed by atoms with van der Waals surface area (Å²) in [5.41, 5.74) is -0.0902. The maximum atomic E-state index is 11.1. The predicted octanol–water partition coefficient (Wildman–Crippen LogP) is 4.37. The third kappa shape index (κ3) is 5.80. The molecule has 2 unspecified atom stereocenters. The molecule has 0 N–H and O–H groups in total. The van der Waals surface area contributed by atoms with Crippen molar-refractivity contribution >= 4 is 21.9 Å². The van der Waals surface area contributed by atoms with Crippen LogP contribution in [0.3, 0.4) is 0 Å². The Kier molecular flexibility index (Phi) is 6.02. The Morgan fingerprint density at radius 1 is 1.50 bits per heavy atom. The zero-order chi connectivity index (χ0) is 15.4. The monoisotopic (exact) mass is 344 g/mol. The standard InChI is InChI=1S/C16H25BrO3/c1-12(17)7-6-9-16(4)13(20-16)11-15(2,3)10-8-14(18)19-5/h7-8,10,13H,6,9,11H2,1-5H3. The van der Waals surface area contributed by atoms with Gasteiger partial charge in [0.05, 0.1) is 18.8 Å². The molecule has 1 rings (SSSR count). The van der Waals surface area contributed by atoms with Crippen LogP contribution in [0.5, 0.6) is 0 Å². The maximum absolute atomic E-state index is 11.1. The van der Waals surface area contributed by atoms with Gasteiger partial charge in [0.1, 0.15) is 0 Å². The Morgan fingerprint density at radius 3 is 2.70 bits per heavy atom. The highest BCUT2D eigenvalue weighted by molar-refractivity contribution is 9.11. The Hall–Kier alpha value is -0.610. The zero-order valence-electron chi connectivity index (χ0n) is 13.0. The number of carbonyl (C=O) groups excluding carboxylic acids is 1. The normalized spacial score (nSPS) is 26.9. The van der Waals surface area contributed by atoms with Crippen LogP contribution in [-0.4, -0.2) is 24.8 Å². The topological polar surface area (TPSA) is 38.8 Å². The van der Waals surface area contributed by atoms with Crippen LogP contribution < -0.4 is 0 Å². The van der Waals surface area contributed by atoms with Gasteiger partial charge in [-0.25, -0.2) is 4.79 Å². The molecule has 1 fully saturated rings. The summed E-state index contributed by atoms with van der Waals surface area (Å²) < 4.78 is 11.6. The van der Waals surface area contributed by atoms with E-state index in [1.807, 2.05) is 13.0 Å². The molecule has 0 amide bonds. The molecule has 1 saturated heterocycles. The van der Waals surface area contributed by atoms with Crippen LogP contribution in [-0.2, 0) is 14.3 Å². The van der Waals surface area contributed by atoms with E-state index in [1.165, 1.54) is 17.7 Å². The van der Waals surface area contributed by atoms with Gasteiger partial charge in [-0.3, -0.25) is 0 Å². The Morgan fingerprint density at radius 2 is 2.15 bits per heavy atom. The van der Waals surface area contributed by atoms with Crippen molar-refractivity contribution in [3.63, 3.8) is 0 Å². The first kappa shape index (κ1) is 17.4. The van der Waals surface area contributed by atoms with Crippen molar-refractivity contribution in [2.75, 3.05) is 7.11 Å². The molecule has 0 aliphatic carbocycles. The van der Waals surface area contributed by atoms with E-state index in [2.05, 4.69) is 47.5 Å². The van der Waals surface area contributed by atoms with Crippen molar-refractivity contribution in [2.45, 2.75) is 58.7 Å². The molecule has 1 aliphatic heterocycles. The summed E-state index contributed by atoms with van der Waals surface area (Å²) in [6, 6.07) is 0. The summed E-state index contributed by atoms with van der Waals surface area (Å²) in [5, 5.41) is 0. The lowest BCUT2D eigenvalue weighted by Crippen LogP contribution is -2.17. The lowest BCUT2D eigenvalue weighted by molar-refractivity contribution is -0.134. The molecule has 4 heteroatoms. The van der Waals surface area contributed by atoms with Crippen LogP contribution in [0, 0.1) is 5.41 Å². The van der Waals surface area contributed by atoms with E-state index in [9.17, 15) is 4.79 Å². The van der Waals surface area contributed by atoms with E-state index in [0.29, 0.717) is 0 Å². The number of esters is 1. The van der Waals surface area contributed by atoms with E-state index >= 15 is 0 Å². The lowest BCUT2D eigenvalue weighted by Gasteiger charge is -2.19. The van der Waals surface area contributed by atoms with Crippen LogP contribution >= 0.6 is 15.9 Å². The molecule has 1 heterocycles. The van der Waals surface area contributed by atoms with Crippen molar-refractivity contribution in [3.05, 3.63) is 22.7 Å². The number of ether oxygens (including phenoxy) is 2. The van der Waals surface area contributed by atoms with E-state index in [0.717, 1.165) is 19.3 Å². The fourth-order valence-electron chi connectivity index (χ4n) is 2.23. The minimum Gasteiger partial charge on any atom is -0.466 e. The summed E-state index contributed by atoms with van der Waals surface area (Å²) in [6.07, 6.45) is 8.80. The van der Waals surface area contributed by atoms with Crippen LogP contribution in [0.15, 0.2) is 22.7 Å². The van der Waals surface area contributed by atoms with E-state index in [1.54, 1.807) is 0 Å². The van der Waals surface area contributed by atoms with Crippen molar-refractivity contribution in [1.29, 1.82) is 0 Å². The van der Waals surface area contributed by atoms with E-state index in [-0.39, 0.29) is 23.1 Å². The van der Waals surface area contributed by atoms with Gasteiger partial charge in [-0.1, -0.05) is 41.9 Å². The SMILES string of the molecule is COC(=O)C=CC(C)(C)CC1OC1(C)CCC=C(C)Br. The Bertz CT molecular complexity index is 408. The minimum atomic E-state index is -0.310. The van der Waals surface area contributed by atoms with Gasteiger partial charge in [0, 0.05) is 6.08 Å². The number of halogens is 1. The molecule has 0 aromatic heterocycles. The lowest BCUT2D eigenvalue weighted by atomic mass is 9.83. The van der Waals surface area contributed by atoms with Crippen molar-refractivity contribution in [3.8, 4) is 0 Å². The van der Waals surface area contributed by atoms with Gasteiger partial charge in [-0.2, -0.15) is 0 Å². The smallest absolute Gasteiger partial charge is 0.330 e. The van der Waals surface area contributed by atoms with Gasteiger partial charge in [-0.15, -0.1) is 0 Å². The molecule has 0 aromatic rings. The van der Waals surface area contributed by atoms with Gasteiger partial charge in [0.15, 0.2) is 0 Å². The second-order valence-corrected chi connectivity index (χ2v) is 7.55. The number of allylic oxidation sites excluding steroid dienone is 3. The Labute approximate surface area is 130 Å². The first-order valence-electron chi connectivity index (χ1n) is 6.96. The number of hydrogen-bond acceptors (Lipinski definition) is 3. The van der Waals surface area contributed by atoms with E-state index < -0.39 is 0 Å². The highest BCUT2D eigenvalue weighted by atomic mass is 79.9. The average Bonchev–Trinajstić information content (AvgIpc) is 2.95. The molecular formula is C16H25BrO3. The van der Waals surface area contributed by atoms with Gasteiger partial charge < -0.3 is 9.47 Å². The number of rotatable bonds is 7. The number of carbonyl (C=O) groups is 1. The maximum Gasteiger partial charge on any atom is 0.330 e. The van der Waals surface area contributed by atoms with Crippen molar-refractivity contribution in [2.24, 2.45) is 5.41 Å². The quantitative estimate of drug-likeness (QED) is 0.391. The molecule has 0 aromatic carbocycles. The molecule has 114 valence electrons. The molecule has 20 heavy (non-hydrogen) atoms. The third-order valence-corrected chi connectivity index (χ3v) is 4.01. The average molecular weight is 345 g/mol. The Balaban J connectivity index is 2.44. The van der Waals surface area contributed by atoms with E-state index in [4.69, 9.17) is 4.74 Å². The fourth-order valence-corrected chi connectivity index (χ4v) is 2.46. The van der Waals surface area contributed by atoms with Crippen molar-refractivity contribution in [1.82, 2.24) is 0 Å². The third-order valence-electron chi connectivity index (χ3n) is 3.68. The van der Waals surface area contributed by atoms with Gasteiger partial charge in [-0.05, 0) is 43.0 Å². The first-order chi connectivity index (χ1) is 9.18. The zero-order valence-corrected chi connectivity index (χ0v) is 14.6. The van der Waals surface area contributed by atoms with Crippen LogP contribution in [0.4, 0.5) is 0 Å². The summed E-state index contributed by atoms with van der Waals surface area (Å²) in [5.74, 6) is -0.310. The van der Waals surface area contributed by atoms with Gasteiger partial charge in [0.2, 0.25) is 0 Å². The van der Waals surface area contributed by atoms with Crippen LogP contribution in [0.25, 0.3) is 0 Å². The second-order valence-electron chi connectivity index (χ2n) is 6.30. The number of epoxide rings is 1. The molecule has 0 spiro atoms. The van der Waals surface area contributed by atoms with Gasteiger partial charge in [0.25, 0.3) is 0 Å². The molecule has 1 aliphatic rings. The first-order valence-corrected chi connectivity index (χ1v) is 7.75. The highest BCUT2D eigenvalue weighted by Gasteiger charge is 2.52. The number of methoxy groups -OCH3 is 1. The van der Waals surface area contributed by atoms with Gasteiger partial charge >= 0.3 is 5.97 Å². The highest BCUT2D eigenvalue weighted by Crippen LogP contribution is 2.46. The molecule has 0 bridgehead atoms. The number of hydrogen-bond donors (Lipinski definition) is 0. The molecule has 2 atom stereocenters. The molecule has 0 saturated carbocycles. The summed E-state index contributed by atoms with van der Waals surface area (Å²) in [7, 11) is 1.39. The summed E-state index contributed by atoms with van der Waals surface area (Å²) >= 11 is 3.43. The summed E-state index contributed by atoms with van der Waals surface area (Å²) in [6.45, 7) is 8.41. The van der Waals surface area contributed by atoms with Crippen LogP contribution in [0.2, 0.25) is 0 Å². The minimum absolute atomic E-state index is 0.0185. The van der Waals surface area contributed by atoms with Crippen LogP contribution in [0.1, 0.15) is 47.0 Å². The fraction of sp³-hybridized carbons (Fsp3) is 0.688. The second kappa shape index (κ2) is 6.90. The molecule has 3 nitrogen and oxygen atoms in total. The summed E-state index contributed by atoms with van der Waals surface area (Å²) in [4.78, 5) is 11.1.